The lowest BCUT2D eigenvalue weighted by Gasteiger charge is -2.05. The minimum atomic E-state index is 0. The molecule has 4 nitrogen and oxygen atoms in total. The van der Waals surface area contributed by atoms with E-state index >= 15 is 0 Å². The fraction of sp³-hybridized carbons (Fsp3) is 1.00. The van der Waals surface area contributed by atoms with Crippen LogP contribution >= 0.6 is 0 Å². The topological polar surface area (TPSA) is 24.9 Å². The lowest BCUT2D eigenvalue weighted by atomic mass is 10.9. The first-order valence-electron chi connectivity index (χ1n) is 3.98. The van der Waals surface area contributed by atoms with Gasteiger partial charge in [0.1, 0.15) is 0 Å². The predicted molar refractivity (Wildman–Crippen MR) is 57.6 cm³/mol. The Labute approximate surface area is 83.4 Å². The third-order valence-corrected chi connectivity index (χ3v) is 0.775. The molecule has 0 bridgehead atoms. The van der Waals surface area contributed by atoms with Crippen LogP contribution in [-0.2, 0) is 9.57 Å². The van der Waals surface area contributed by atoms with Gasteiger partial charge in [0, 0.05) is 21.2 Å². The molecule has 0 aliphatic rings. The molecule has 0 aromatic carbocycles. The molecule has 0 fully saturated rings. The van der Waals surface area contributed by atoms with Crippen LogP contribution < -0.4 is 0 Å². The van der Waals surface area contributed by atoms with Crippen LogP contribution in [0.3, 0.4) is 0 Å². The van der Waals surface area contributed by atoms with Gasteiger partial charge in [0.15, 0.2) is 0 Å². The number of methoxy groups -OCH3 is 1. The highest BCUT2D eigenvalue weighted by atomic mass is 16.7. The Balaban J connectivity index is -0.000000143. The van der Waals surface area contributed by atoms with E-state index in [4.69, 9.17) is 9.57 Å². The van der Waals surface area contributed by atoms with Crippen molar-refractivity contribution in [3.63, 3.8) is 0 Å². The minimum Gasteiger partial charge on any atom is -0.369 e. The number of hydroxylamine groups is 2. The zero-order chi connectivity index (χ0) is 9.98. The van der Waals surface area contributed by atoms with Crippen LogP contribution in [0.25, 0.3) is 0 Å². The van der Waals surface area contributed by atoms with Crippen molar-refractivity contribution in [2.45, 2.75) is 14.4 Å². The van der Waals surface area contributed by atoms with Gasteiger partial charge in [-0.1, -0.05) is 7.43 Å². The van der Waals surface area contributed by atoms with E-state index in [0.29, 0.717) is 6.73 Å². The normalized spacial score (nSPS) is 9.23. The summed E-state index contributed by atoms with van der Waals surface area (Å²) in [6.07, 6.45) is 0. The maximum absolute atomic E-state index is 4.88. The molecule has 0 aromatic heterocycles. The summed E-state index contributed by atoms with van der Waals surface area (Å²) in [5.74, 6) is 0. The van der Waals surface area contributed by atoms with Crippen LogP contribution in [0.5, 0.6) is 0 Å². The average Bonchev–Trinajstić information content (AvgIpc) is 1.87. The van der Waals surface area contributed by atoms with Gasteiger partial charge in [0.25, 0.3) is 0 Å². The zero-order valence-electron chi connectivity index (χ0n) is 9.13. The molecule has 0 saturated carbocycles. The van der Waals surface area contributed by atoms with Crippen molar-refractivity contribution in [2.24, 2.45) is 0 Å². The van der Waals surface area contributed by atoms with Crippen LogP contribution in [0.4, 0.5) is 0 Å². The van der Waals surface area contributed by atoms with Gasteiger partial charge in [-0.25, -0.2) is 0 Å². The fourth-order valence-electron chi connectivity index (χ4n) is 0.516. The van der Waals surface area contributed by atoms with Gasteiger partial charge in [-0.3, -0.25) is 9.74 Å². The summed E-state index contributed by atoms with van der Waals surface area (Å²) in [4.78, 5) is 6.83. The van der Waals surface area contributed by atoms with Crippen LogP contribution in [-0.4, -0.2) is 58.6 Å². The van der Waals surface area contributed by atoms with Crippen LogP contribution in [0.15, 0.2) is 0 Å². The van der Waals surface area contributed by atoms with Gasteiger partial charge < -0.3 is 4.74 Å². The van der Waals surface area contributed by atoms with Crippen molar-refractivity contribution in [3.8, 4) is 0 Å². The van der Waals surface area contributed by atoms with Crippen molar-refractivity contribution >= 4 is 0 Å². The zero-order valence-corrected chi connectivity index (χ0v) is 9.13. The third kappa shape index (κ3) is 33.6. The predicted octanol–water partition coefficient (Wildman–Crippen LogP) is 1.29. The monoisotopic (exact) mass is 194 g/mol. The van der Waals surface area contributed by atoms with Crippen LogP contribution in [0.2, 0.25) is 0 Å². The van der Waals surface area contributed by atoms with Crippen molar-refractivity contribution in [1.29, 1.82) is 0 Å². The van der Waals surface area contributed by atoms with Gasteiger partial charge in [0.05, 0.1) is 13.3 Å². The molecule has 0 amide bonds. The lowest BCUT2D eigenvalue weighted by molar-refractivity contribution is -0.113. The number of hydrogen-bond donors (Lipinski definition) is 0. The highest BCUT2D eigenvalue weighted by Gasteiger charge is 1.79. The minimum absolute atomic E-state index is 0. The van der Waals surface area contributed by atoms with E-state index in [2.05, 4.69) is 0 Å². The maximum atomic E-state index is 4.88. The number of hydrogen-bond acceptors (Lipinski definition) is 4. The molecule has 0 spiro atoms. The maximum Gasteiger partial charge on any atom is 0.0981 e. The average molecular weight is 194 g/mol. The van der Waals surface area contributed by atoms with Gasteiger partial charge in [0.2, 0.25) is 0 Å². The van der Waals surface area contributed by atoms with E-state index in [1.54, 1.807) is 12.2 Å². The summed E-state index contributed by atoms with van der Waals surface area (Å²) in [5, 5.41) is 1.68. The Bertz CT molecular complexity index is 68.0. The second-order valence-corrected chi connectivity index (χ2v) is 2.73. The van der Waals surface area contributed by atoms with Crippen molar-refractivity contribution in [2.75, 3.05) is 48.6 Å². The molecule has 0 aliphatic carbocycles. The van der Waals surface area contributed by atoms with Gasteiger partial charge >= 0.3 is 0 Å². The molecular weight excluding hydrogens is 168 g/mol. The Morgan fingerprint density at radius 2 is 1.54 bits per heavy atom. The molecule has 0 unspecified atom stereocenters. The Morgan fingerprint density at radius 1 is 1.08 bits per heavy atom. The van der Waals surface area contributed by atoms with E-state index in [1.165, 1.54) is 0 Å². The van der Waals surface area contributed by atoms with Crippen molar-refractivity contribution in [1.82, 2.24) is 9.96 Å². The second-order valence-electron chi connectivity index (χ2n) is 2.73. The van der Waals surface area contributed by atoms with E-state index < -0.39 is 0 Å². The Hall–Kier alpha value is -0.160. The molecule has 0 rings (SSSR count). The molecule has 0 radical (unpaired) electrons. The summed E-state index contributed by atoms with van der Waals surface area (Å²) in [5.41, 5.74) is 0. The first-order valence-corrected chi connectivity index (χ1v) is 3.98. The highest BCUT2D eigenvalue weighted by Crippen LogP contribution is 1.72. The standard InChI is InChI=1S/2C4H11NO.CH4/c1-5(2)4-6-3;1-4-6-5(2)3;/h2*4H2,1-3H3;1H4. The van der Waals surface area contributed by atoms with Gasteiger partial charge in [-0.15, -0.1) is 0 Å². The third-order valence-electron chi connectivity index (χ3n) is 0.775. The fourth-order valence-corrected chi connectivity index (χ4v) is 0.516. The molecule has 0 N–H and O–H groups in total. The highest BCUT2D eigenvalue weighted by molar-refractivity contribution is 4.20. The summed E-state index contributed by atoms with van der Waals surface area (Å²) in [7, 11) is 9.33. The molecule has 84 valence electrons. The molecule has 4 heteroatoms. The van der Waals surface area contributed by atoms with Crippen molar-refractivity contribution in [3.05, 3.63) is 0 Å². The van der Waals surface area contributed by atoms with E-state index in [9.17, 15) is 0 Å². The lowest BCUT2D eigenvalue weighted by Crippen LogP contribution is -2.13. The van der Waals surface area contributed by atoms with E-state index in [1.807, 2.05) is 40.0 Å². The second kappa shape index (κ2) is 14.4. The number of nitrogens with zero attached hydrogens (tertiary/aromatic N) is 2. The van der Waals surface area contributed by atoms with Crippen LogP contribution in [0, 0.1) is 0 Å². The van der Waals surface area contributed by atoms with Gasteiger partial charge in [-0.05, 0) is 21.0 Å². The Kier molecular flexibility index (Phi) is 20.5. The van der Waals surface area contributed by atoms with Crippen molar-refractivity contribution < 1.29 is 9.57 Å². The smallest absolute Gasteiger partial charge is 0.0981 e. The van der Waals surface area contributed by atoms with Crippen LogP contribution in [0.1, 0.15) is 14.4 Å². The SMILES string of the molecule is C.CCON(C)C.COCN(C)C. The first kappa shape index (κ1) is 18.6. The molecule has 0 atom stereocenters. The van der Waals surface area contributed by atoms with Gasteiger partial charge in [-0.2, -0.15) is 5.06 Å². The first-order chi connectivity index (χ1) is 5.54. The molecule has 0 aromatic rings. The molecule has 0 aliphatic heterocycles. The summed E-state index contributed by atoms with van der Waals surface area (Å²) in [6.45, 7) is 3.42. The molecule has 0 saturated heterocycles. The largest absolute Gasteiger partial charge is 0.369 e. The quantitative estimate of drug-likeness (QED) is 0.497. The number of ether oxygens (including phenoxy) is 1. The number of rotatable bonds is 4. The Morgan fingerprint density at radius 3 is 1.54 bits per heavy atom. The summed E-state index contributed by atoms with van der Waals surface area (Å²) < 4.78 is 4.73. The van der Waals surface area contributed by atoms with E-state index in [0.717, 1.165) is 6.61 Å². The molecular formula is C9H26N2O2. The summed E-state index contributed by atoms with van der Waals surface area (Å²) in [6, 6.07) is 0. The molecule has 13 heavy (non-hydrogen) atoms. The summed E-state index contributed by atoms with van der Waals surface area (Å²) >= 11 is 0. The van der Waals surface area contributed by atoms with E-state index in [-0.39, 0.29) is 7.43 Å². The molecule has 0 heterocycles.